The lowest BCUT2D eigenvalue weighted by atomic mass is 10.2. The fourth-order valence-corrected chi connectivity index (χ4v) is 2.05. The van der Waals surface area contributed by atoms with Crippen LogP contribution in [0, 0.1) is 0 Å². The van der Waals surface area contributed by atoms with E-state index in [-0.39, 0.29) is 6.61 Å². The van der Waals surface area contributed by atoms with Gasteiger partial charge in [0, 0.05) is 12.5 Å². The normalized spacial score (nSPS) is 11.0. The van der Waals surface area contributed by atoms with Gasteiger partial charge in [-0.1, -0.05) is 18.1 Å². The zero-order valence-corrected chi connectivity index (χ0v) is 12.8. The standard InChI is InChI=1S/C14H13BrN2O4/c1-2-12-16-13(21-17-12)8-20-11-5-3-9(7-10(11)15)4-6-14(18)19/h3-7H,2,8H2,1H3,(H,18,19). The van der Waals surface area contributed by atoms with E-state index in [1.54, 1.807) is 18.2 Å². The summed E-state index contributed by atoms with van der Waals surface area (Å²) < 4.78 is 11.3. The van der Waals surface area contributed by atoms with Gasteiger partial charge in [-0.2, -0.15) is 4.98 Å². The smallest absolute Gasteiger partial charge is 0.328 e. The molecule has 0 spiro atoms. The van der Waals surface area contributed by atoms with E-state index in [0.29, 0.717) is 28.4 Å². The third-order valence-electron chi connectivity index (χ3n) is 2.55. The zero-order chi connectivity index (χ0) is 15.2. The second-order valence-electron chi connectivity index (χ2n) is 4.11. The van der Waals surface area contributed by atoms with Crippen LogP contribution in [0.5, 0.6) is 5.75 Å². The highest BCUT2D eigenvalue weighted by molar-refractivity contribution is 9.10. The first-order valence-electron chi connectivity index (χ1n) is 6.23. The number of carbonyl (C=O) groups is 1. The van der Waals surface area contributed by atoms with Crippen molar-refractivity contribution >= 4 is 28.0 Å². The maximum absolute atomic E-state index is 10.5. The number of aromatic nitrogens is 2. The van der Waals surface area contributed by atoms with Gasteiger partial charge in [-0.15, -0.1) is 0 Å². The van der Waals surface area contributed by atoms with Crippen LogP contribution < -0.4 is 4.74 Å². The van der Waals surface area contributed by atoms with Crippen molar-refractivity contribution in [3.63, 3.8) is 0 Å². The topological polar surface area (TPSA) is 85.5 Å². The van der Waals surface area contributed by atoms with Gasteiger partial charge in [0.15, 0.2) is 12.4 Å². The molecular formula is C14H13BrN2O4. The second-order valence-corrected chi connectivity index (χ2v) is 4.96. The molecule has 0 bridgehead atoms. The molecule has 0 amide bonds. The first-order valence-corrected chi connectivity index (χ1v) is 7.02. The van der Waals surface area contributed by atoms with Crippen LogP contribution in [-0.2, 0) is 17.8 Å². The number of hydrogen-bond donors (Lipinski definition) is 1. The Hall–Kier alpha value is -2.15. The maximum Gasteiger partial charge on any atom is 0.328 e. The van der Waals surface area contributed by atoms with E-state index in [9.17, 15) is 4.79 Å². The van der Waals surface area contributed by atoms with Gasteiger partial charge in [0.2, 0.25) is 0 Å². The molecule has 0 fully saturated rings. The van der Waals surface area contributed by atoms with Gasteiger partial charge in [-0.25, -0.2) is 4.79 Å². The minimum Gasteiger partial charge on any atom is -0.483 e. The van der Waals surface area contributed by atoms with Crippen LogP contribution in [0.15, 0.2) is 33.3 Å². The molecule has 2 aromatic rings. The zero-order valence-electron chi connectivity index (χ0n) is 11.2. The molecule has 2 rings (SSSR count). The van der Waals surface area contributed by atoms with E-state index in [1.807, 2.05) is 6.92 Å². The molecule has 1 aromatic heterocycles. The molecule has 0 aliphatic heterocycles. The first kappa shape index (κ1) is 15.2. The van der Waals surface area contributed by atoms with E-state index in [0.717, 1.165) is 11.6 Å². The average Bonchev–Trinajstić information content (AvgIpc) is 2.92. The summed E-state index contributed by atoms with van der Waals surface area (Å²) in [6.07, 6.45) is 3.28. The minimum atomic E-state index is -0.991. The average molecular weight is 353 g/mol. The number of hydrogen-bond acceptors (Lipinski definition) is 5. The van der Waals surface area contributed by atoms with Crippen LogP contribution in [0.1, 0.15) is 24.2 Å². The van der Waals surface area contributed by atoms with E-state index in [1.165, 1.54) is 6.08 Å². The predicted octanol–water partition coefficient (Wildman–Crippen LogP) is 3.07. The van der Waals surface area contributed by atoms with Crippen molar-refractivity contribution in [1.82, 2.24) is 10.1 Å². The number of benzene rings is 1. The third kappa shape index (κ3) is 4.42. The molecule has 1 heterocycles. The molecular weight excluding hydrogens is 340 g/mol. The van der Waals surface area contributed by atoms with Crippen molar-refractivity contribution in [3.05, 3.63) is 46.0 Å². The summed E-state index contributed by atoms with van der Waals surface area (Å²) in [7, 11) is 0. The number of aryl methyl sites for hydroxylation is 1. The Kier molecular flexibility index (Phi) is 5.10. The van der Waals surface area contributed by atoms with Gasteiger partial charge in [0.05, 0.1) is 4.47 Å². The summed E-state index contributed by atoms with van der Waals surface area (Å²) in [6, 6.07) is 5.26. The highest BCUT2D eigenvalue weighted by Crippen LogP contribution is 2.27. The van der Waals surface area contributed by atoms with Gasteiger partial charge in [-0.3, -0.25) is 0 Å². The van der Waals surface area contributed by atoms with Crippen molar-refractivity contribution in [2.24, 2.45) is 0 Å². The summed E-state index contributed by atoms with van der Waals surface area (Å²) in [5.74, 6) is 0.670. The van der Waals surface area contributed by atoms with Gasteiger partial charge in [0.1, 0.15) is 5.75 Å². The molecule has 0 saturated heterocycles. The van der Waals surface area contributed by atoms with Crippen LogP contribution in [0.4, 0.5) is 0 Å². The molecule has 0 radical (unpaired) electrons. The van der Waals surface area contributed by atoms with E-state index < -0.39 is 5.97 Å². The summed E-state index contributed by atoms with van der Waals surface area (Å²) >= 11 is 3.37. The highest BCUT2D eigenvalue weighted by Gasteiger charge is 2.07. The van der Waals surface area contributed by atoms with Crippen molar-refractivity contribution in [1.29, 1.82) is 0 Å². The summed E-state index contributed by atoms with van der Waals surface area (Å²) in [5, 5.41) is 12.4. The quantitative estimate of drug-likeness (QED) is 0.804. The van der Waals surface area contributed by atoms with E-state index >= 15 is 0 Å². The molecule has 1 aromatic carbocycles. The first-order chi connectivity index (χ1) is 10.1. The van der Waals surface area contributed by atoms with Crippen LogP contribution >= 0.6 is 15.9 Å². The SMILES string of the molecule is CCc1noc(COc2ccc(C=CC(=O)O)cc2Br)n1. The fourth-order valence-electron chi connectivity index (χ4n) is 1.54. The predicted molar refractivity (Wildman–Crippen MR) is 78.8 cm³/mol. The van der Waals surface area contributed by atoms with Gasteiger partial charge < -0.3 is 14.4 Å². The number of ether oxygens (including phenoxy) is 1. The van der Waals surface area contributed by atoms with Crippen molar-refractivity contribution < 1.29 is 19.2 Å². The maximum atomic E-state index is 10.5. The Morgan fingerprint density at radius 1 is 1.52 bits per heavy atom. The fraction of sp³-hybridized carbons (Fsp3) is 0.214. The molecule has 0 saturated carbocycles. The Morgan fingerprint density at radius 2 is 2.33 bits per heavy atom. The molecule has 21 heavy (non-hydrogen) atoms. The number of rotatable bonds is 6. The summed E-state index contributed by atoms with van der Waals surface area (Å²) in [6.45, 7) is 2.12. The third-order valence-corrected chi connectivity index (χ3v) is 3.17. The minimum absolute atomic E-state index is 0.176. The van der Waals surface area contributed by atoms with Crippen LogP contribution in [0.25, 0.3) is 6.08 Å². The lowest BCUT2D eigenvalue weighted by molar-refractivity contribution is -0.131. The molecule has 0 atom stereocenters. The summed E-state index contributed by atoms with van der Waals surface area (Å²) in [4.78, 5) is 14.6. The molecule has 0 unspecified atom stereocenters. The Morgan fingerprint density at radius 3 is 2.95 bits per heavy atom. The van der Waals surface area contributed by atoms with Crippen molar-refractivity contribution in [2.45, 2.75) is 20.0 Å². The van der Waals surface area contributed by atoms with Crippen LogP contribution in [0.3, 0.4) is 0 Å². The van der Waals surface area contributed by atoms with Gasteiger partial charge in [-0.05, 0) is 39.7 Å². The van der Waals surface area contributed by atoms with E-state index in [2.05, 4.69) is 26.1 Å². The van der Waals surface area contributed by atoms with Crippen molar-refractivity contribution in [3.8, 4) is 5.75 Å². The Balaban J connectivity index is 2.02. The lowest BCUT2D eigenvalue weighted by Gasteiger charge is -2.06. The lowest BCUT2D eigenvalue weighted by Crippen LogP contribution is -1.97. The number of nitrogens with zero attached hydrogens (tertiary/aromatic N) is 2. The van der Waals surface area contributed by atoms with Crippen LogP contribution in [0.2, 0.25) is 0 Å². The number of carboxylic acid groups (broad SMARTS) is 1. The van der Waals surface area contributed by atoms with Gasteiger partial charge >= 0.3 is 5.97 Å². The number of halogens is 1. The molecule has 0 aliphatic carbocycles. The van der Waals surface area contributed by atoms with Crippen molar-refractivity contribution in [2.75, 3.05) is 0 Å². The highest BCUT2D eigenvalue weighted by atomic mass is 79.9. The molecule has 0 aliphatic rings. The Labute approximate surface area is 129 Å². The number of aliphatic carboxylic acids is 1. The largest absolute Gasteiger partial charge is 0.483 e. The summed E-state index contributed by atoms with van der Waals surface area (Å²) in [5.41, 5.74) is 0.752. The molecule has 1 N–H and O–H groups in total. The molecule has 110 valence electrons. The molecule has 6 nitrogen and oxygen atoms in total. The van der Waals surface area contributed by atoms with E-state index in [4.69, 9.17) is 14.4 Å². The monoisotopic (exact) mass is 352 g/mol. The number of carboxylic acids is 1. The van der Waals surface area contributed by atoms with Gasteiger partial charge in [0.25, 0.3) is 5.89 Å². The second kappa shape index (κ2) is 7.03. The Bertz CT molecular complexity index is 667. The molecule has 7 heteroatoms. The van der Waals surface area contributed by atoms with Crippen LogP contribution in [-0.4, -0.2) is 21.2 Å².